The van der Waals surface area contributed by atoms with Gasteiger partial charge in [0.15, 0.2) is 0 Å². The van der Waals surface area contributed by atoms with Gasteiger partial charge < -0.3 is 15.1 Å². The molecule has 1 spiro atoms. The third-order valence-electron chi connectivity index (χ3n) is 5.68. The number of nitrogens with zero attached hydrogens (tertiary/aromatic N) is 3. The Balaban J connectivity index is 1.46. The molecule has 1 aliphatic heterocycles. The van der Waals surface area contributed by atoms with E-state index in [1.165, 1.54) is 6.39 Å². The lowest BCUT2D eigenvalue weighted by Gasteiger charge is -2.43. The monoisotopic (exact) mass is 411 g/mol. The molecule has 1 saturated heterocycles. The molecule has 1 aliphatic carbocycles. The summed E-state index contributed by atoms with van der Waals surface area (Å²) in [6.45, 7) is 5.96. The summed E-state index contributed by atoms with van der Waals surface area (Å²) in [5.74, 6) is -0.140. The van der Waals surface area contributed by atoms with Gasteiger partial charge in [-0.2, -0.15) is 0 Å². The summed E-state index contributed by atoms with van der Waals surface area (Å²) in [6.07, 6.45) is 3.38. The van der Waals surface area contributed by atoms with E-state index in [1.807, 2.05) is 0 Å². The Kier molecular flexibility index (Phi) is 4.83. The molecule has 1 aromatic heterocycles. The molecule has 9 nitrogen and oxygen atoms in total. The summed E-state index contributed by atoms with van der Waals surface area (Å²) in [6, 6.07) is 6.39. The number of rotatable bonds is 4. The quantitative estimate of drug-likeness (QED) is 0.747. The molecule has 4 amide bonds. The fourth-order valence-electron chi connectivity index (χ4n) is 5.02. The van der Waals surface area contributed by atoms with Gasteiger partial charge in [-0.25, -0.2) is 4.79 Å². The van der Waals surface area contributed by atoms with Crippen molar-refractivity contribution in [3.8, 4) is 11.5 Å². The molecule has 0 unspecified atom stereocenters. The van der Waals surface area contributed by atoms with Crippen LogP contribution in [0.3, 0.4) is 0 Å². The first kappa shape index (κ1) is 20.1. The van der Waals surface area contributed by atoms with E-state index in [0.717, 1.165) is 11.3 Å². The van der Waals surface area contributed by atoms with Crippen LogP contribution in [0.25, 0.3) is 11.5 Å². The van der Waals surface area contributed by atoms with Crippen molar-refractivity contribution in [2.24, 2.45) is 11.3 Å². The minimum Gasteiger partial charge on any atom is -0.423 e. The maximum Gasteiger partial charge on any atom is 0.325 e. The van der Waals surface area contributed by atoms with Crippen molar-refractivity contribution in [1.29, 1.82) is 0 Å². The molecule has 9 heteroatoms. The van der Waals surface area contributed by atoms with Crippen molar-refractivity contribution < 1.29 is 18.8 Å². The second-order valence-electron chi connectivity index (χ2n) is 9.13. The summed E-state index contributed by atoms with van der Waals surface area (Å²) in [4.78, 5) is 39.3. The highest BCUT2D eigenvalue weighted by atomic mass is 16.4. The molecule has 4 rings (SSSR count). The SMILES string of the molecule is C[C@H]1CC(C)(C)C[C@@]2(C1)NC(=O)N(CC(=O)Nc1cccc(-c3nnco3)c1)C2=O. The van der Waals surface area contributed by atoms with E-state index in [4.69, 9.17) is 4.42 Å². The molecule has 2 heterocycles. The van der Waals surface area contributed by atoms with Gasteiger partial charge in [0, 0.05) is 11.3 Å². The number of anilines is 1. The Hall–Kier alpha value is -3.23. The van der Waals surface area contributed by atoms with Crippen LogP contribution < -0.4 is 10.6 Å². The van der Waals surface area contributed by atoms with Crippen LogP contribution in [-0.4, -0.2) is 45.0 Å². The maximum atomic E-state index is 13.2. The molecule has 1 aromatic carbocycles. The van der Waals surface area contributed by atoms with E-state index in [2.05, 4.69) is 41.6 Å². The van der Waals surface area contributed by atoms with Crippen molar-refractivity contribution in [2.75, 3.05) is 11.9 Å². The lowest BCUT2D eigenvalue weighted by molar-refractivity contribution is -0.136. The zero-order valence-electron chi connectivity index (χ0n) is 17.3. The molecule has 2 aromatic rings. The van der Waals surface area contributed by atoms with Gasteiger partial charge in [-0.05, 0) is 48.8 Å². The van der Waals surface area contributed by atoms with Gasteiger partial charge in [0.2, 0.25) is 18.2 Å². The second kappa shape index (κ2) is 7.23. The largest absolute Gasteiger partial charge is 0.423 e. The molecule has 2 N–H and O–H groups in total. The highest BCUT2D eigenvalue weighted by molar-refractivity contribution is 6.10. The first-order chi connectivity index (χ1) is 14.2. The van der Waals surface area contributed by atoms with Gasteiger partial charge in [0.05, 0.1) is 0 Å². The number of amides is 4. The van der Waals surface area contributed by atoms with E-state index < -0.39 is 17.5 Å². The zero-order chi connectivity index (χ0) is 21.5. The number of carbonyl (C=O) groups excluding carboxylic acids is 3. The van der Waals surface area contributed by atoms with Crippen molar-refractivity contribution in [1.82, 2.24) is 20.4 Å². The highest BCUT2D eigenvalue weighted by Gasteiger charge is 2.56. The van der Waals surface area contributed by atoms with Gasteiger partial charge in [0.1, 0.15) is 12.1 Å². The van der Waals surface area contributed by atoms with Crippen molar-refractivity contribution in [3.05, 3.63) is 30.7 Å². The van der Waals surface area contributed by atoms with E-state index in [0.29, 0.717) is 35.9 Å². The number of urea groups is 1. The molecule has 158 valence electrons. The summed E-state index contributed by atoms with van der Waals surface area (Å²) < 4.78 is 5.16. The molecule has 30 heavy (non-hydrogen) atoms. The second-order valence-corrected chi connectivity index (χ2v) is 9.13. The highest BCUT2D eigenvalue weighted by Crippen LogP contribution is 2.46. The lowest BCUT2D eigenvalue weighted by atomic mass is 9.64. The molecule has 2 aliphatic rings. The van der Waals surface area contributed by atoms with E-state index in [1.54, 1.807) is 24.3 Å². The van der Waals surface area contributed by atoms with Crippen LogP contribution in [0.5, 0.6) is 0 Å². The van der Waals surface area contributed by atoms with E-state index in [-0.39, 0.29) is 17.9 Å². The van der Waals surface area contributed by atoms with Crippen molar-refractivity contribution in [3.63, 3.8) is 0 Å². The van der Waals surface area contributed by atoms with Crippen molar-refractivity contribution in [2.45, 2.75) is 45.6 Å². The average Bonchev–Trinajstić information content (AvgIpc) is 3.24. The molecule has 0 radical (unpaired) electrons. The molecule has 2 atom stereocenters. The maximum absolute atomic E-state index is 13.2. The number of carbonyl (C=O) groups is 3. The van der Waals surface area contributed by atoms with Gasteiger partial charge in [-0.15, -0.1) is 10.2 Å². The fraction of sp³-hybridized carbons (Fsp3) is 0.476. The molecule has 1 saturated carbocycles. The summed E-state index contributed by atoms with van der Waals surface area (Å²) in [5, 5.41) is 13.1. The number of imide groups is 1. The summed E-state index contributed by atoms with van der Waals surface area (Å²) >= 11 is 0. The van der Waals surface area contributed by atoms with E-state index >= 15 is 0 Å². The van der Waals surface area contributed by atoms with Gasteiger partial charge in [0.25, 0.3) is 5.91 Å². The number of hydrogen-bond donors (Lipinski definition) is 2. The van der Waals surface area contributed by atoms with Crippen molar-refractivity contribution >= 4 is 23.5 Å². The van der Waals surface area contributed by atoms with Gasteiger partial charge in [-0.1, -0.05) is 26.8 Å². The smallest absolute Gasteiger partial charge is 0.325 e. The standard InChI is InChI=1S/C21H25N5O4/c1-13-8-20(2,3)11-21(9-13)18(28)26(19(29)24-21)10-16(27)23-15-6-4-5-14(7-15)17-25-22-12-30-17/h4-7,12-13H,8-11H2,1-3H3,(H,23,27)(H,24,29)/t13-,21+/m0/s1. The van der Waals surface area contributed by atoms with Crippen LogP contribution in [0, 0.1) is 11.3 Å². The Bertz CT molecular complexity index is 987. The summed E-state index contributed by atoms with van der Waals surface area (Å²) in [7, 11) is 0. The van der Waals surface area contributed by atoms with Crippen LogP contribution in [0.1, 0.15) is 40.0 Å². The molecular weight excluding hydrogens is 386 g/mol. The minimum atomic E-state index is -0.920. The van der Waals surface area contributed by atoms with Crippen LogP contribution in [0.15, 0.2) is 35.1 Å². The van der Waals surface area contributed by atoms with Crippen LogP contribution >= 0.6 is 0 Å². The Labute approximate surface area is 174 Å². The third-order valence-corrected chi connectivity index (χ3v) is 5.68. The van der Waals surface area contributed by atoms with Crippen LogP contribution in [0.4, 0.5) is 10.5 Å². The number of nitrogens with one attached hydrogen (secondary N) is 2. The number of benzene rings is 1. The first-order valence-corrected chi connectivity index (χ1v) is 9.98. The zero-order valence-corrected chi connectivity index (χ0v) is 17.3. The Morgan fingerprint density at radius 3 is 2.83 bits per heavy atom. The average molecular weight is 411 g/mol. The summed E-state index contributed by atoms with van der Waals surface area (Å²) in [5.41, 5.74) is 0.173. The normalized spacial score (nSPS) is 25.4. The lowest BCUT2D eigenvalue weighted by Crippen LogP contribution is -2.54. The number of hydrogen-bond acceptors (Lipinski definition) is 6. The minimum absolute atomic E-state index is 0.0614. The first-order valence-electron chi connectivity index (χ1n) is 9.98. The van der Waals surface area contributed by atoms with Gasteiger partial charge >= 0.3 is 6.03 Å². The predicted molar refractivity (Wildman–Crippen MR) is 108 cm³/mol. The topological polar surface area (TPSA) is 117 Å². The van der Waals surface area contributed by atoms with Crippen LogP contribution in [0.2, 0.25) is 0 Å². The third kappa shape index (κ3) is 3.79. The molecular formula is C21H25N5O4. The Morgan fingerprint density at radius 1 is 1.33 bits per heavy atom. The van der Waals surface area contributed by atoms with E-state index in [9.17, 15) is 14.4 Å². The van der Waals surface area contributed by atoms with Crippen LogP contribution in [-0.2, 0) is 9.59 Å². The molecule has 2 fully saturated rings. The molecule has 0 bridgehead atoms. The Morgan fingerprint density at radius 2 is 2.13 bits per heavy atom. The number of aromatic nitrogens is 2. The predicted octanol–water partition coefficient (Wildman–Crippen LogP) is 2.81. The van der Waals surface area contributed by atoms with Gasteiger partial charge in [-0.3, -0.25) is 14.5 Å². The fourth-order valence-corrected chi connectivity index (χ4v) is 5.02.